The summed E-state index contributed by atoms with van der Waals surface area (Å²) < 4.78 is 26.2. The Labute approximate surface area is 169 Å². The van der Waals surface area contributed by atoms with Gasteiger partial charge in [-0.2, -0.15) is 0 Å². The van der Waals surface area contributed by atoms with Crippen molar-refractivity contribution in [3.8, 4) is 0 Å². The molecule has 0 spiro atoms. The second-order valence-electron chi connectivity index (χ2n) is 5.60. The highest BCUT2D eigenvalue weighted by molar-refractivity contribution is 8.01. The predicted octanol–water partition coefficient (Wildman–Crippen LogP) is 2.36. The van der Waals surface area contributed by atoms with Crippen molar-refractivity contribution in [2.45, 2.75) is 16.2 Å². The van der Waals surface area contributed by atoms with E-state index in [-0.39, 0.29) is 16.6 Å². The van der Waals surface area contributed by atoms with Crippen molar-refractivity contribution in [2.75, 3.05) is 11.1 Å². The number of anilines is 1. The molecule has 3 aromatic rings. The average molecular weight is 437 g/mol. The van der Waals surface area contributed by atoms with Crippen molar-refractivity contribution < 1.29 is 18.0 Å². The zero-order valence-corrected chi connectivity index (χ0v) is 17.1. The normalized spacial score (nSPS) is 11.3. The Balaban J connectivity index is 1.53. The average Bonchev–Trinajstić information content (AvgIpc) is 3.08. The molecule has 3 rings (SSSR count). The summed E-state index contributed by atoms with van der Waals surface area (Å²) in [7, 11) is -3.92. The monoisotopic (exact) mass is 436 g/mol. The molecule has 0 bridgehead atoms. The predicted molar refractivity (Wildman–Crippen MR) is 110 cm³/mol. The van der Waals surface area contributed by atoms with Crippen LogP contribution in [0.1, 0.15) is 6.92 Å². The fraction of sp³-hybridized carbons (Fsp3) is 0.118. The summed E-state index contributed by atoms with van der Waals surface area (Å²) in [5.41, 5.74) is 3.52. The number of aromatic nitrogens is 1. The number of amides is 2. The number of carbonyl (C=O) groups is 2. The van der Waals surface area contributed by atoms with Gasteiger partial charge in [-0.25, -0.2) is 13.4 Å². The first kappa shape index (κ1) is 20.3. The van der Waals surface area contributed by atoms with Crippen molar-refractivity contribution in [2.24, 2.45) is 0 Å². The molecule has 28 heavy (non-hydrogen) atoms. The molecular formula is C17H16N4O4S3. The maximum atomic E-state index is 12.2. The van der Waals surface area contributed by atoms with Gasteiger partial charge in [-0.1, -0.05) is 23.9 Å². The summed E-state index contributed by atoms with van der Waals surface area (Å²) in [5.74, 6) is -0.738. The number of hydrogen-bond acceptors (Lipinski definition) is 7. The molecule has 1 aromatic heterocycles. The summed E-state index contributed by atoms with van der Waals surface area (Å²) in [5, 5.41) is 2.54. The topological polar surface area (TPSA) is 117 Å². The minimum absolute atomic E-state index is 0.0177. The van der Waals surface area contributed by atoms with E-state index >= 15 is 0 Å². The Morgan fingerprint density at radius 2 is 1.82 bits per heavy atom. The Morgan fingerprint density at radius 1 is 1.11 bits per heavy atom. The van der Waals surface area contributed by atoms with Gasteiger partial charge in [0.1, 0.15) is 0 Å². The molecular weight excluding hydrogens is 420 g/mol. The number of hydrogen-bond donors (Lipinski definition) is 3. The molecule has 0 saturated carbocycles. The molecule has 1 heterocycles. The van der Waals surface area contributed by atoms with Gasteiger partial charge in [-0.15, -0.1) is 16.2 Å². The quantitative estimate of drug-likeness (QED) is 0.387. The van der Waals surface area contributed by atoms with Crippen LogP contribution in [0.2, 0.25) is 0 Å². The van der Waals surface area contributed by atoms with Crippen LogP contribution in [-0.4, -0.2) is 31.0 Å². The van der Waals surface area contributed by atoms with Gasteiger partial charge in [0.15, 0.2) is 4.34 Å². The highest BCUT2D eigenvalue weighted by atomic mass is 32.2. The number of fused-ring (bicyclic) bond motifs is 1. The Hall–Kier alpha value is -2.47. The van der Waals surface area contributed by atoms with Gasteiger partial charge in [-0.05, 0) is 36.4 Å². The van der Waals surface area contributed by atoms with Crippen molar-refractivity contribution >= 4 is 60.8 Å². The zero-order valence-electron chi connectivity index (χ0n) is 14.6. The fourth-order valence-electron chi connectivity index (χ4n) is 2.18. The molecule has 0 unspecified atom stereocenters. The van der Waals surface area contributed by atoms with Crippen LogP contribution in [0.15, 0.2) is 57.8 Å². The van der Waals surface area contributed by atoms with Crippen molar-refractivity contribution in [1.82, 2.24) is 15.2 Å². The van der Waals surface area contributed by atoms with Gasteiger partial charge in [-0.3, -0.25) is 15.0 Å². The van der Waals surface area contributed by atoms with E-state index in [4.69, 9.17) is 0 Å². The number of thioether (sulfide) groups is 1. The number of nitrogens with one attached hydrogen (secondary N) is 3. The summed E-state index contributed by atoms with van der Waals surface area (Å²) in [6.45, 7) is 1.36. The van der Waals surface area contributed by atoms with Gasteiger partial charge in [0.25, 0.3) is 10.0 Å². The number of carbonyl (C=O) groups excluding carboxylic acids is 2. The van der Waals surface area contributed by atoms with Crippen LogP contribution >= 0.6 is 23.1 Å². The number of nitrogens with zero attached hydrogens (tertiary/aromatic N) is 1. The van der Waals surface area contributed by atoms with Crippen LogP contribution in [0.5, 0.6) is 0 Å². The van der Waals surface area contributed by atoms with Crippen molar-refractivity contribution in [3.05, 3.63) is 48.5 Å². The number of hydrazine groups is 1. The number of benzene rings is 2. The summed E-state index contributed by atoms with van der Waals surface area (Å²) in [6.07, 6.45) is 0. The van der Waals surface area contributed by atoms with Crippen LogP contribution < -0.4 is 15.6 Å². The zero-order chi connectivity index (χ0) is 20.1. The number of rotatable bonds is 7. The van der Waals surface area contributed by atoms with E-state index in [1.807, 2.05) is 24.3 Å². The van der Waals surface area contributed by atoms with Crippen LogP contribution in [0.3, 0.4) is 0 Å². The lowest BCUT2D eigenvalue weighted by atomic mass is 10.3. The van der Waals surface area contributed by atoms with Crippen LogP contribution in [-0.2, 0) is 19.6 Å². The third-order valence-corrected chi connectivity index (χ3v) is 6.85. The Morgan fingerprint density at radius 3 is 2.50 bits per heavy atom. The van der Waals surface area contributed by atoms with Gasteiger partial charge in [0.05, 0.1) is 20.9 Å². The summed E-state index contributed by atoms with van der Waals surface area (Å²) in [6, 6.07) is 13.2. The van der Waals surface area contributed by atoms with Crippen LogP contribution in [0, 0.1) is 0 Å². The smallest absolute Gasteiger partial charge is 0.257 e. The second-order valence-corrected chi connectivity index (χ2v) is 9.53. The van der Waals surface area contributed by atoms with Gasteiger partial charge >= 0.3 is 0 Å². The van der Waals surface area contributed by atoms with E-state index in [1.165, 1.54) is 54.3 Å². The molecule has 0 aliphatic rings. The van der Waals surface area contributed by atoms with E-state index in [0.29, 0.717) is 5.69 Å². The SMILES string of the molecule is CC(=O)Nc1ccc(S(=O)(=O)NNC(=O)CSc2nc3ccccc3s2)cc1. The van der Waals surface area contributed by atoms with E-state index < -0.39 is 15.9 Å². The van der Waals surface area contributed by atoms with Gasteiger partial charge < -0.3 is 5.32 Å². The highest BCUT2D eigenvalue weighted by Crippen LogP contribution is 2.29. The fourth-order valence-corrected chi connectivity index (χ4v) is 4.91. The van der Waals surface area contributed by atoms with Crippen molar-refractivity contribution in [3.63, 3.8) is 0 Å². The molecule has 146 valence electrons. The van der Waals surface area contributed by atoms with Crippen molar-refractivity contribution in [1.29, 1.82) is 0 Å². The molecule has 3 N–H and O–H groups in total. The third-order valence-electron chi connectivity index (χ3n) is 3.41. The minimum atomic E-state index is -3.92. The first-order valence-corrected chi connectivity index (χ1v) is 11.3. The minimum Gasteiger partial charge on any atom is -0.326 e. The van der Waals surface area contributed by atoms with E-state index in [2.05, 4.69) is 20.6 Å². The molecule has 2 aromatic carbocycles. The molecule has 8 nitrogen and oxygen atoms in total. The van der Waals surface area contributed by atoms with E-state index in [9.17, 15) is 18.0 Å². The third kappa shape index (κ3) is 5.29. The van der Waals surface area contributed by atoms with E-state index in [0.717, 1.165) is 14.6 Å². The first-order valence-electron chi connectivity index (χ1n) is 8.00. The number of sulfonamides is 1. The standard InChI is InChI=1S/C17H16N4O4S3/c1-11(22)18-12-6-8-13(9-7-12)28(24,25)21-20-16(23)10-26-17-19-14-4-2-3-5-15(14)27-17/h2-9,21H,10H2,1H3,(H,18,22)(H,20,23). The largest absolute Gasteiger partial charge is 0.326 e. The molecule has 2 amide bonds. The van der Waals surface area contributed by atoms with E-state index in [1.54, 1.807) is 0 Å². The van der Waals surface area contributed by atoms with Crippen LogP contribution in [0.4, 0.5) is 5.69 Å². The Bertz CT molecular complexity index is 1080. The second kappa shape index (κ2) is 8.69. The molecule has 0 fully saturated rings. The summed E-state index contributed by atoms with van der Waals surface area (Å²) >= 11 is 2.70. The highest BCUT2D eigenvalue weighted by Gasteiger charge is 2.15. The molecule has 11 heteroatoms. The van der Waals surface area contributed by atoms with Gasteiger partial charge in [0.2, 0.25) is 11.8 Å². The maximum Gasteiger partial charge on any atom is 0.257 e. The lowest BCUT2D eigenvalue weighted by Gasteiger charge is -2.09. The molecule has 0 aliphatic heterocycles. The van der Waals surface area contributed by atoms with Gasteiger partial charge in [0, 0.05) is 12.6 Å². The summed E-state index contributed by atoms with van der Waals surface area (Å²) in [4.78, 5) is 29.4. The molecule has 0 radical (unpaired) electrons. The lowest BCUT2D eigenvalue weighted by Crippen LogP contribution is -2.42. The Kier molecular flexibility index (Phi) is 6.29. The number of thiazole rings is 1. The van der Waals surface area contributed by atoms with Crippen LogP contribution in [0.25, 0.3) is 10.2 Å². The molecule has 0 atom stereocenters. The first-order chi connectivity index (χ1) is 13.3. The number of para-hydroxylation sites is 1. The molecule has 0 aliphatic carbocycles. The molecule has 0 saturated heterocycles. The lowest BCUT2D eigenvalue weighted by molar-refractivity contribution is -0.119. The maximum absolute atomic E-state index is 12.2.